The van der Waals surface area contributed by atoms with E-state index in [-0.39, 0.29) is 11.5 Å². The summed E-state index contributed by atoms with van der Waals surface area (Å²) in [5.41, 5.74) is 0.492. The second-order valence-corrected chi connectivity index (χ2v) is 4.87. The van der Waals surface area contributed by atoms with Crippen molar-refractivity contribution >= 4 is 26.0 Å². The highest BCUT2D eigenvalue weighted by molar-refractivity contribution is 9.10. The van der Waals surface area contributed by atoms with Crippen LogP contribution in [0.15, 0.2) is 27.6 Å². The molecule has 1 aromatic rings. The highest BCUT2D eigenvalue weighted by Gasteiger charge is 2.09. The van der Waals surface area contributed by atoms with Crippen LogP contribution in [-0.2, 0) is 16.6 Å². The van der Waals surface area contributed by atoms with Crippen LogP contribution in [0.4, 0.5) is 0 Å². The number of rotatable bonds is 2. The first-order chi connectivity index (χ1) is 5.95. The summed E-state index contributed by atoms with van der Waals surface area (Å²) in [5.74, 6) is 0. The number of aliphatic hydroxyl groups excluding tert-OH is 1. The van der Waals surface area contributed by atoms with Crippen LogP contribution in [0.5, 0.6) is 0 Å². The predicted molar refractivity (Wildman–Crippen MR) is 51.4 cm³/mol. The molecule has 0 bridgehead atoms. The lowest BCUT2D eigenvalue weighted by Gasteiger charge is -2.03. The van der Waals surface area contributed by atoms with Gasteiger partial charge in [-0.1, -0.05) is 15.9 Å². The summed E-state index contributed by atoms with van der Waals surface area (Å²) >= 11 is 3.16. The Bertz CT molecular complexity index is 416. The molecule has 1 aromatic carbocycles. The van der Waals surface area contributed by atoms with Crippen molar-refractivity contribution in [2.45, 2.75) is 11.5 Å². The molecule has 4 nitrogen and oxygen atoms in total. The zero-order valence-corrected chi connectivity index (χ0v) is 8.97. The van der Waals surface area contributed by atoms with Crippen molar-refractivity contribution in [2.24, 2.45) is 5.14 Å². The third-order valence-electron chi connectivity index (χ3n) is 1.52. The topological polar surface area (TPSA) is 80.4 Å². The van der Waals surface area contributed by atoms with Gasteiger partial charge in [-0.2, -0.15) is 0 Å². The van der Waals surface area contributed by atoms with Crippen LogP contribution < -0.4 is 5.14 Å². The lowest BCUT2D eigenvalue weighted by molar-refractivity contribution is 0.281. The highest BCUT2D eigenvalue weighted by atomic mass is 79.9. The molecular weight excluding hydrogens is 258 g/mol. The maximum Gasteiger partial charge on any atom is 0.238 e. The van der Waals surface area contributed by atoms with Crippen LogP contribution in [-0.4, -0.2) is 13.5 Å². The molecule has 0 amide bonds. The van der Waals surface area contributed by atoms with E-state index in [4.69, 9.17) is 10.2 Å². The average molecular weight is 266 g/mol. The van der Waals surface area contributed by atoms with Crippen LogP contribution in [0.3, 0.4) is 0 Å². The Labute approximate surface area is 84.6 Å². The van der Waals surface area contributed by atoms with Crippen LogP contribution in [0.25, 0.3) is 0 Å². The SMILES string of the molecule is NS(=O)(=O)c1ccc(Br)c(CO)c1. The molecule has 0 aliphatic heterocycles. The van der Waals surface area contributed by atoms with Gasteiger partial charge in [0.25, 0.3) is 0 Å². The Morgan fingerprint density at radius 1 is 1.46 bits per heavy atom. The zero-order chi connectivity index (χ0) is 10.1. The molecule has 0 spiro atoms. The van der Waals surface area contributed by atoms with Crippen molar-refractivity contribution in [3.63, 3.8) is 0 Å². The van der Waals surface area contributed by atoms with Crippen molar-refractivity contribution in [3.8, 4) is 0 Å². The van der Waals surface area contributed by atoms with Gasteiger partial charge in [0.1, 0.15) is 0 Å². The Morgan fingerprint density at radius 2 is 2.08 bits per heavy atom. The first-order valence-corrected chi connectivity index (χ1v) is 5.71. The predicted octanol–water partition coefficient (Wildman–Crippen LogP) is 0.589. The number of nitrogens with two attached hydrogens (primary N) is 1. The Kier molecular flexibility index (Phi) is 3.07. The van der Waals surface area contributed by atoms with Crippen molar-refractivity contribution in [3.05, 3.63) is 28.2 Å². The highest BCUT2D eigenvalue weighted by Crippen LogP contribution is 2.20. The van der Waals surface area contributed by atoms with E-state index in [1.807, 2.05) is 0 Å². The monoisotopic (exact) mass is 265 g/mol. The van der Waals surface area contributed by atoms with Gasteiger partial charge < -0.3 is 5.11 Å². The Hall–Kier alpha value is -0.430. The van der Waals surface area contributed by atoms with Crippen molar-refractivity contribution in [2.75, 3.05) is 0 Å². The third kappa shape index (κ3) is 2.50. The molecule has 0 aliphatic carbocycles. The summed E-state index contributed by atoms with van der Waals surface area (Å²) < 4.78 is 22.4. The molecule has 0 saturated carbocycles. The number of hydrogen-bond donors (Lipinski definition) is 2. The van der Waals surface area contributed by atoms with Crippen LogP contribution >= 0.6 is 15.9 Å². The van der Waals surface area contributed by atoms with E-state index in [9.17, 15) is 8.42 Å². The van der Waals surface area contributed by atoms with E-state index in [0.29, 0.717) is 10.0 Å². The van der Waals surface area contributed by atoms with Gasteiger partial charge in [0.05, 0.1) is 11.5 Å². The molecule has 0 saturated heterocycles. The summed E-state index contributed by atoms with van der Waals surface area (Å²) in [6.45, 7) is -0.232. The molecule has 3 N–H and O–H groups in total. The van der Waals surface area contributed by atoms with Gasteiger partial charge in [0.2, 0.25) is 10.0 Å². The number of sulfonamides is 1. The van der Waals surface area contributed by atoms with Gasteiger partial charge in [-0.15, -0.1) is 0 Å². The van der Waals surface area contributed by atoms with E-state index in [1.54, 1.807) is 0 Å². The smallest absolute Gasteiger partial charge is 0.238 e. The first-order valence-electron chi connectivity index (χ1n) is 3.37. The summed E-state index contributed by atoms with van der Waals surface area (Å²) in [7, 11) is -3.68. The zero-order valence-electron chi connectivity index (χ0n) is 6.57. The van der Waals surface area contributed by atoms with Crippen molar-refractivity contribution < 1.29 is 13.5 Å². The molecule has 0 aromatic heterocycles. The van der Waals surface area contributed by atoms with Gasteiger partial charge in [-0.3, -0.25) is 0 Å². The lowest BCUT2D eigenvalue weighted by atomic mass is 10.2. The number of benzene rings is 1. The van der Waals surface area contributed by atoms with Crippen LogP contribution in [0, 0.1) is 0 Å². The number of aliphatic hydroxyl groups is 1. The van der Waals surface area contributed by atoms with E-state index in [0.717, 1.165) is 0 Å². The molecule has 0 unspecified atom stereocenters. The van der Waals surface area contributed by atoms with Crippen molar-refractivity contribution in [1.29, 1.82) is 0 Å². The van der Waals surface area contributed by atoms with Crippen LogP contribution in [0.1, 0.15) is 5.56 Å². The van der Waals surface area contributed by atoms with E-state index in [1.165, 1.54) is 18.2 Å². The minimum absolute atomic E-state index is 0.000231. The summed E-state index contributed by atoms with van der Waals surface area (Å²) in [6.07, 6.45) is 0. The minimum atomic E-state index is -3.68. The Balaban J connectivity index is 3.30. The second kappa shape index (κ2) is 3.75. The van der Waals surface area contributed by atoms with Gasteiger partial charge in [0.15, 0.2) is 0 Å². The molecule has 0 radical (unpaired) electrons. The molecule has 13 heavy (non-hydrogen) atoms. The van der Waals surface area contributed by atoms with Gasteiger partial charge >= 0.3 is 0 Å². The third-order valence-corrected chi connectivity index (χ3v) is 3.20. The molecule has 6 heteroatoms. The fourth-order valence-corrected chi connectivity index (χ4v) is 1.79. The van der Waals surface area contributed by atoms with Gasteiger partial charge in [0, 0.05) is 4.47 Å². The van der Waals surface area contributed by atoms with Crippen LogP contribution in [0.2, 0.25) is 0 Å². The maximum atomic E-state index is 10.9. The van der Waals surface area contributed by atoms with E-state index in [2.05, 4.69) is 15.9 Å². The van der Waals surface area contributed by atoms with E-state index >= 15 is 0 Å². The van der Waals surface area contributed by atoms with Gasteiger partial charge in [-0.05, 0) is 23.8 Å². The molecule has 0 heterocycles. The molecule has 72 valence electrons. The second-order valence-electron chi connectivity index (χ2n) is 2.46. The molecule has 1 rings (SSSR count). The summed E-state index contributed by atoms with van der Waals surface area (Å²) in [6, 6.07) is 4.24. The van der Waals surface area contributed by atoms with Crippen molar-refractivity contribution in [1.82, 2.24) is 0 Å². The minimum Gasteiger partial charge on any atom is -0.392 e. The fraction of sp³-hybridized carbons (Fsp3) is 0.143. The molecule has 0 atom stereocenters. The number of hydrogen-bond acceptors (Lipinski definition) is 3. The first kappa shape index (κ1) is 10.6. The quantitative estimate of drug-likeness (QED) is 0.822. The van der Waals surface area contributed by atoms with E-state index < -0.39 is 10.0 Å². The van der Waals surface area contributed by atoms with Gasteiger partial charge in [-0.25, -0.2) is 13.6 Å². The number of halogens is 1. The molecule has 0 fully saturated rings. The summed E-state index contributed by atoms with van der Waals surface area (Å²) in [5, 5.41) is 13.7. The maximum absolute atomic E-state index is 10.9. The normalized spacial score (nSPS) is 11.6. The summed E-state index contributed by atoms with van der Waals surface area (Å²) in [4.78, 5) is -0.000231. The number of primary sulfonamides is 1. The molecule has 0 aliphatic rings. The standard InChI is InChI=1S/C7H8BrNO3S/c8-7-2-1-6(13(9,11)12)3-5(7)4-10/h1-3,10H,4H2,(H2,9,11,12). The lowest BCUT2D eigenvalue weighted by Crippen LogP contribution is -2.12. The Morgan fingerprint density at radius 3 is 2.54 bits per heavy atom. The average Bonchev–Trinajstić information content (AvgIpc) is 2.03. The fourth-order valence-electron chi connectivity index (χ4n) is 0.849. The largest absolute Gasteiger partial charge is 0.392 e. The molecular formula is C7H8BrNO3S.